The average molecular weight is 253 g/mol. The Bertz CT molecular complexity index is 363. The van der Waals surface area contributed by atoms with Gasteiger partial charge in [0, 0.05) is 12.2 Å². The lowest BCUT2D eigenvalue weighted by atomic mass is 9.93. The number of benzene rings is 1. The van der Waals surface area contributed by atoms with Crippen LogP contribution >= 0.6 is 0 Å². The SMILES string of the molecule is CCCC(OCC)C(N)c1c(C)cc(C)cc1F. The summed E-state index contributed by atoms with van der Waals surface area (Å²) in [7, 11) is 0. The summed E-state index contributed by atoms with van der Waals surface area (Å²) in [4.78, 5) is 0. The summed E-state index contributed by atoms with van der Waals surface area (Å²) in [5.74, 6) is -0.221. The highest BCUT2D eigenvalue weighted by molar-refractivity contribution is 5.34. The summed E-state index contributed by atoms with van der Waals surface area (Å²) >= 11 is 0. The van der Waals surface area contributed by atoms with Crippen LogP contribution in [0, 0.1) is 19.7 Å². The molecule has 0 aromatic heterocycles. The molecule has 3 heteroatoms. The van der Waals surface area contributed by atoms with Gasteiger partial charge in [0.05, 0.1) is 12.1 Å². The van der Waals surface area contributed by atoms with Crippen LogP contribution < -0.4 is 5.73 Å². The smallest absolute Gasteiger partial charge is 0.128 e. The van der Waals surface area contributed by atoms with Crippen LogP contribution in [0.2, 0.25) is 0 Å². The van der Waals surface area contributed by atoms with Gasteiger partial charge in [0.2, 0.25) is 0 Å². The third-order valence-electron chi connectivity index (χ3n) is 3.17. The van der Waals surface area contributed by atoms with Crippen LogP contribution in [0.15, 0.2) is 12.1 Å². The fourth-order valence-electron chi connectivity index (χ4n) is 2.40. The Morgan fingerprint density at radius 2 is 1.94 bits per heavy atom. The lowest BCUT2D eigenvalue weighted by Gasteiger charge is -2.25. The van der Waals surface area contributed by atoms with Gasteiger partial charge >= 0.3 is 0 Å². The number of aryl methyl sites for hydroxylation is 2. The number of nitrogens with two attached hydrogens (primary N) is 1. The quantitative estimate of drug-likeness (QED) is 0.840. The molecule has 0 aliphatic rings. The van der Waals surface area contributed by atoms with Gasteiger partial charge in [0.25, 0.3) is 0 Å². The van der Waals surface area contributed by atoms with Crippen molar-refractivity contribution in [3.63, 3.8) is 0 Å². The molecule has 0 aliphatic heterocycles. The van der Waals surface area contributed by atoms with Crippen molar-refractivity contribution in [2.75, 3.05) is 6.61 Å². The van der Waals surface area contributed by atoms with Crippen molar-refractivity contribution in [2.24, 2.45) is 5.73 Å². The van der Waals surface area contributed by atoms with Crippen LogP contribution in [0.3, 0.4) is 0 Å². The van der Waals surface area contributed by atoms with Crippen LogP contribution in [0.4, 0.5) is 4.39 Å². The van der Waals surface area contributed by atoms with E-state index in [9.17, 15) is 4.39 Å². The van der Waals surface area contributed by atoms with E-state index >= 15 is 0 Å². The van der Waals surface area contributed by atoms with Gasteiger partial charge in [0.1, 0.15) is 5.82 Å². The zero-order chi connectivity index (χ0) is 13.7. The molecule has 0 fully saturated rings. The first-order chi connectivity index (χ1) is 8.51. The fraction of sp³-hybridized carbons (Fsp3) is 0.600. The molecule has 0 radical (unpaired) electrons. The van der Waals surface area contributed by atoms with E-state index in [4.69, 9.17) is 10.5 Å². The monoisotopic (exact) mass is 253 g/mol. The molecule has 2 N–H and O–H groups in total. The molecule has 18 heavy (non-hydrogen) atoms. The normalized spacial score (nSPS) is 14.6. The predicted octanol–water partition coefficient (Wildman–Crippen LogP) is 3.65. The average Bonchev–Trinajstić information content (AvgIpc) is 2.27. The second-order valence-electron chi connectivity index (χ2n) is 4.79. The molecule has 0 amide bonds. The van der Waals surface area contributed by atoms with Crippen molar-refractivity contribution < 1.29 is 9.13 Å². The maximum absolute atomic E-state index is 14.1. The molecule has 102 valence electrons. The molecule has 0 saturated carbocycles. The second kappa shape index (κ2) is 6.86. The highest BCUT2D eigenvalue weighted by atomic mass is 19.1. The minimum Gasteiger partial charge on any atom is -0.377 e. The molecule has 2 atom stereocenters. The molecular weight excluding hydrogens is 229 g/mol. The van der Waals surface area contributed by atoms with Crippen molar-refractivity contribution >= 4 is 0 Å². The highest BCUT2D eigenvalue weighted by Crippen LogP contribution is 2.26. The van der Waals surface area contributed by atoms with Crippen LogP contribution in [-0.2, 0) is 4.74 Å². The molecule has 0 saturated heterocycles. The van der Waals surface area contributed by atoms with E-state index in [2.05, 4.69) is 6.92 Å². The fourth-order valence-corrected chi connectivity index (χ4v) is 2.40. The summed E-state index contributed by atoms with van der Waals surface area (Å²) in [5, 5.41) is 0. The van der Waals surface area contributed by atoms with Gasteiger partial charge in [-0.3, -0.25) is 0 Å². The Balaban J connectivity index is 3.03. The summed E-state index contributed by atoms with van der Waals surface area (Å²) in [6, 6.07) is 3.11. The van der Waals surface area contributed by atoms with E-state index < -0.39 is 6.04 Å². The molecule has 1 rings (SSSR count). The third-order valence-corrected chi connectivity index (χ3v) is 3.17. The van der Waals surface area contributed by atoms with Crippen LogP contribution in [0.1, 0.15) is 49.4 Å². The van der Waals surface area contributed by atoms with Gasteiger partial charge in [-0.05, 0) is 44.4 Å². The first kappa shape index (κ1) is 15.1. The third kappa shape index (κ3) is 3.53. The lowest BCUT2D eigenvalue weighted by Crippen LogP contribution is -2.30. The minimum atomic E-state index is -0.398. The molecule has 2 unspecified atom stereocenters. The van der Waals surface area contributed by atoms with E-state index in [1.807, 2.05) is 26.8 Å². The van der Waals surface area contributed by atoms with Gasteiger partial charge in [-0.15, -0.1) is 0 Å². The maximum atomic E-state index is 14.1. The Morgan fingerprint density at radius 3 is 2.44 bits per heavy atom. The van der Waals surface area contributed by atoms with Gasteiger partial charge in [-0.25, -0.2) is 4.39 Å². The molecule has 1 aromatic rings. The van der Waals surface area contributed by atoms with Crippen LogP contribution in [0.25, 0.3) is 0 Å². The first-order valence-electron chi connectivity index (χ1n) is 6.65. The Kier molecular flexibility index (Phi) is 5.76. The summed E-state index contributed by atoms with van der Waals surface area (Å²) < 4.78 is 19.7. The van der Waals surface area contributed by atoms with E-state index in [-0.39, 0.29) is 11.9 Å². The summed E-state index contributed by atoms with van der Waals surface area (Å²) in [6.45, 7) is 8.41. The van der Waals surface area contributed by atoms with E-state index in [0.717, 1.165) is 24.0 Å². The van der Waals surface area contributed by atoms with Crippen molar-refractivity contribution in [1.82, 2.24) is 0 Å². The molecule has 1 aromatic carbocycles. The number of halogens is 1. The Hall–Kier alpha value is -0.930. The Morgan fingerprint density at radius 1 is 1.28 bits per heavy atom. The van der Waals surface area contributed by atoms with Gasteiger partial charge in [-0.2, -0.15) is 0 Å². The molecular formula is C15H24FNO. The number of rotatable bonds is 6. The van der Waals surface area contributed by atoms with Crippen LogP contribution in [-0.4, -0.2) is 12.7 Å². The van der Waals surface area contributed by atoms with Crippen molar-refractivity contribution in [3.05, 3.63) is 34.6 Å². The maximum Gasteiger partial charge on any atom is 0.128 e. The van der Waals surface area contributed by atoms with Crippen molar-refractivity contribution in [1.29, 1.82) is 0 Å². The number of hydrogen-bond acceptors (Lipinski definition) is 2. The van der Waals surface area contributed by atoms with Gasteiger partial charge in [0.15, 0.2) is 0 Å². The zero-order valence-corrected chi connectivity index (χ0v) is 11.8. The molecule has 0 heterocycles. The van der Waals surface area contributed by atoms with Crippen LogP contribution in [0.5, 0.6) is 0 Å². The molecule has 0 bridgehead atoms. The topological polar surface area (TPSA) is 35.2 Å². The largest absolute Gasteiger partial charge is 0.377 e. The molecule has 2 nitrogen and oxygen atoms in total. The van der Waals surface area contributed by atoms with Crippen molar-refractivity contribution in [3.8, 4) is 0 Å². The first-order valence-corrected chi connectivity index (χ1v) is 6.65. The van der Waals surface area contributed by atoms with Gasteiger partial charge in [-0.1, -0.05) is 19.4 Å². The highest BCUT2D eigenvalue weighted by Gasteiger charge is 2.23. The summed E-state index contributed by atoms with van der Waals surface area (Å²) in [6.07, 6.45) is 1.71. The predicted molar refractivity (Wildman–Crippen MR) is 73.1 cm³/mol. The zero-order valence-electron chi connectivity index (χ0n) is 11.8. The van der Waals surface area contributed by atoms with E-state index in [1.165, 1.54) is 6.07 Å². The van der Waals surface area contributed by atoms with Gasteiger partial charge < -0.3 is 10.5 Å². The molecule has 0 spiro atoms. The second-order valence-corrected chi connectivity index (χ2v) is 4.79. The number of ether oxygens (including phenoxy) is 1. The van der Waals surface area contributed by atoms with E-state index in [1.54, 1.807) is 0 Å². The lowest BCUT2D eigenvalue weighted by molar-refractivity contribution is 0.0365. The van der Waals surface area contributed by atoms with E-state index in [0.29, 0.717) is 12.2 Å². The number of hydrogen-bond donors (Lipinski definition) is 1. The minimum absolute atomic E-state index is 0.115. The Labute approximate surface area is 109 Å². The summed E-state index contributed by atoms with van der Waals surface area (Å²) in [5.41, 5.74) is 8.61. The molecule has 0 aliphatic carbocycles. The van der Waals surface area contributed by atoms with Crippen molar-refractivity contribution in [2.45, 2.75) is 52.7 Å². The standard InChI is InChI=1S/C15H24FNO/c1-5-7-13(18-6-2)15(17)14-11(4)8-10(3)9-12(14)16/h8-9,13,15H,5-7,17H2,1-4H3.